The van der Waals surface area contributed by atoms with Crippen LogP contribution < -0.4 is 16.2 Å². The number of nitrogens with zero attached hydrogens (tertiary/aromatic N) is 1. The molecule has 0 radical (unpaired) electrons. The SMILES string of the molecule is O=C(NC1CCC1)[C@H]1[C@H](CO)[C@H]2Cn3c(ccc(-c4ccccc4)c3=O)[C@@H]1N2. The maximum Gasteiger partial charge on any atom is 0.258 e. The molecule has 3 aliphatic rings. The predicted molar refractivity (Wildman–Crippen MR) is 106 cm³/mol. The minimum absolute atomic E-state index is 0.00298. The van der Waals surface area contributed by atoms with Gasteiger partial charge in [0.25, 0.3) is 5.56 Å². The number of aromatic nitrogens is 1. The third kappa shape index (κ3) is 2.71. The Balaban J connectivity index is 1.52. The zero-order valence-electron chi connectivity index (χ0n) is 15.7. The fraction of sp³-hybridized carbons (Fsp3) is 0.455. The second-order valence-corrected chi connectivity index (χ2v) is 8.21. The number of amides is 1. The van der Waals surface area contributed by atoms with Crippen molar-refractivity contribution in [3.8, 4) is 11.1 Å². The molecule has 2 aliphatic heterocycles. The zero-order valence-corrected chi connectivity index (χ0v) is 15.7. The van der Waals surface area contributed by atoms with Crippen LogP contribution in [0.2, 0.25) is 0 Å². The Morgan fingerprint density at radius 2 is 1.96 bits per heavy atom. The Morgan fingerprint density at radius 3 is 2.64 bits per heavy atom. The van der Waals surface area contributed by atoms with E-state index < -0.39 is 0 Å². The number of rotatable bonds is 4. The van der Waals surface area contributed by atoms with Crippen LogP contribution in [0.25, 0.3) is 11.1 Å². The first-order valence-electron chi connectivity index (χ1n) is 10.1. The zero-order chi connectivity index (χ0) is 19.3. The van der Waals surface area contributed by atoms with Gasteiger partial charge in [0, 0.05) is 42.4 Å². The number of benzene rings is 1. The molecule has 1 aliphatic carbocycles. The van der Waals surface area contributed by atoms with Gasteiger partial charge < -0.3 is 20.3 Å². The number of hydrogen-bond donors (Lipinski definition) is 3. The molecule has 1 aromatic heterocycles. The van der Waals surface area contributed by atoms with E-state index in [0.717, 1.165) is 30.5 Å². The molecule has 6 heteroatoms. The van der Waals surface area contributed by atoms with Gasteiger partial charge in [-0.2, -0.15) is 0 Å². The molecule has 28 heavy (non-hydrogen) atoms. The summed E-state index contributed by atoms with van der Waals surface area (Å²) < 4.78 is 1.80. The molecule has 2 bridgehead atoms. The summed E-state index contributed by atoms with van der Waals surface area (Å²) >= 11 is 0. The van der Waals surface area contributed by atoms with Crippen molar-refractivity contribution in [3.63, 3.8) is 0 Å². The predicted octanol–water partition coefficient (Wildman–Crippen LogP) is 1.44. The Labute approximate surface area is 163 Å². The summed E-state index contributed by atoms with van der Waals surface area (Å²) in [5.41, 5.74) is 2.37. The van der Waals surface area contributed by atoms with E-state index in [0.29, 0.717) is 12.1 Å². The molecule has 1 aromatic carbocycles. The lowest BCUT2D eigenvalue weighted by Gasteiger charge is -2.30. The second-order valence-electron chi connectivity index (χ2n) is 8.21. The van der Waals surface area contributed by atoms with Gasteiger partial charge in [-0.3, -0.25) is 9.59 Å². The molecule has 2 fully saturated rings. The van der Waals surface area contributed by atoms with E-state index in [1.807, 2.05) is 42.5 Å². The molecule has 146 valence electrons. The summed E-state index contributed by atoms with van der Waals surface area (Å²) in [4.78, 5) is 26.2. The number of carbonyl (C=O) groups excluding carboxylic acids is 1. The molecule has 2 aromatic rings. The van der Waals surface area contributed by atoms with E-state index in [1.165, 1.54) is 0 Å². The van der Waals surface area contributed by atoms with Crippen LogP contribution in [0.1, 0.15) is 31.0 Å². The smallest absolute Gasteiger partial charge is 0.258 e. The van der Waals surface area contributed by atoms with Crippen molar-refractivity contribution in [1.82, 2.24) is 15.2 Å². The molecular weight excluding hydrogens is 354 g/mol. The average Bonchev–Trinajstić information content (AvgIpc) is 2.99. The highest BCUT2D eigenvalue weighted by Crippen LogP contribution is 2.41. The first-order chi connectivity index (χ1) is 13.7. The van der Waals surface area contributed by atoms with Crippen LogP contribution in [0, 0.1) is 11.8 Å². The number of pyridine rings is 1. The Kier molecular flexibility index (Phi) is 4.33. The highest BCUT2D eigenvalue weighted by Gasteiger charge is 2.51. The van der Waals surface area contributed by atoms with E-state index in [4.69, 9.17) is 0 Å². The largest absolute Gasteiger partial charge is 0.396 e. The molecule has 1 amide bonds. The van der Waals surface area contributed by atoms with Gasteiger partial charge in [0.2, 0.25) is 5.91 Å². The Hall–Kier alpha value is -2.44. The van der Waals surface area contributed by atoms with Crippen molar-refractivity contribution in [2.24, 2.45) is 11.8 Å². The van der Waals surface area contributed by atoms with Gasteiger partial charge in [0.15, 0.2) is 0 Å². The van der Waals surface area contributed by atoms with Gasteiger partial charge in [0.1, 0.15) is 0 Å². The molecule has 1 saturated heterocycles. The monoisotopic (exact) mass is 379 g/mol. The second kappa shape index (κ2) is 6.87. The summed E-state index contributed by atoms with van der Waals surface area (Å²) in [6, 6.07) is 13.4. The van der Waals surface area contributed by atoms with Crippen molar-refractivity contribution in [2.45, 2.75) is 43.9 Å². The van der Waals surface area contributed by atoms with E-state index in [9.17, 15) is 14.7 Å². The van der Waals surface area contributed by atoms with E-state index in [2.05, 4.69) is 10.6 Å². The van der Waals surface area contributed by atoms with Crippen molar-refractivity contribution in [1.29, 1.82) is 0 Å². The minimum atomic E-state index is -0.355. The molecule has 5 rings (SSSR count). The van der Waals surface area contributed by atoms with Crippen molar-refractivity contribution in [3.05, 3.63) is 58.5 Å². The number of carbonyl (C=O) groups is 1. The van der Waals surface area contributed by atoms with E-state index in [1.54, 1.807) is 4.57 Å². The normalized spacial score (nSPS) is 28.5. The highest BCUT2D eigenvalue weighted by molar-refractivity contribution is 5.81. The molecule has 6 nitrogen and oxygen atoms in total. The first kappa shape index (κ1) is 17.6. The fourth-order valence-electron chi connectivity index (χ4n) is 4.94. The Morgan fingerprint density at radius 1 is 1.18 bits per heavy atom. The summed E-state index contributed by atoms with van der Waals surface area (Å²) in [7, 11) is 0. The number of fused-ring (bicyclic) bond motifs is 4. The van der Waals surface area contributed by atoms with Gasteiger partial charge in [0.05, 0.1) is 12.0 Å². The quantitative estimate of drug-likeness (QED) is 0.751. The van der Waals surface area contributed by atoms with Gasteiger partial charge in [-0.15, -0.1) is 0 Å². The molecule has 4 atom stereocenters. The minimum Gasteiger partial charge on any atom is -0.396 e. The lowest BCUT2D eigenvalue weighted by molar-refractivity contribution is -0.128. The third-order valence-electron chi connectivity index (χ3n) is 6.69. The molecular formula is C22H25N3O3. The molecule has 3 N–H and O–H groups in total. The highest BCUT2D eigenvalue weighted by atomic mass is 16.3. The maximum atomic E-state index is 13.2. The number of hydrogen-bond acceptors (Lipinski definition) is 4. The number of aliphatic hydroxyl groups excluding tert-OH is 1. The first-order valence-corrected chi connectivity index (χ1v) is 10.1. The van der Waals surface area contributed by atoms with Crippen LogP contribution >= 0.6 is 0 Å². The molecule has 1 saturated carbocycles. The van der Waals surface area contributed by atoms with Crippen molar-refractivity contribution >= 4 is 5.91 Å². The van der Waals surface area contributed by atoms with Crippen LogP contribution in [-0.2, 0) is 11.3 Å². The summed E-state index contributed by atoms with van der Waals surface area (Å²) in [6.45, 7) is 0.412. The lowest BCUT2D eigenvalue weighted by Crippen LogP contribution is -2.45. The number of nitrogens with one attached hydrogen (secondary N) is 2. The van der Waals surface area contributed by atoms with Crippen LogP contribution in [0.5, 0.6) is 0 Å². The standard InChI is InChI=1S/C22H25N3O3/c26-12-16-17-11-25-18(10-9-15(22(25)28)13-5-2-1-3-6-13)20(24-17)19(16)21(27)23-14-7-4-8-14/h1-3,5-6,9-10,14,16-17,19-20,24,26H,4,7-8,11-12H2,(H,23,27)/t16-,17-,19+,20+/m1/s1. The summed E-state index contributed by atoms with van der Waals surface area (Å²) in [5, 5.41) is 16.6. The van der Waals surface area contributed by atoms with Gasteiger partial charge in [-0.1, -0.05) is 30.3 Å². The topological polar surface area (TPSA) is 83.4 Å². The molecule has 0 spiro atoms. The average molecular weight is 379 g/mol. The van der Waals surface area contributed by atoms with Gasteiger partial charge in [-0.05, 0) is 37.0 Å². The van der Waals surface area contributed by atoms with Crippen LogP contribution in [0.4, 0.5) is 0 Å². The van der Waals surface area contributed by atoms with Gasteiger partial charge in [-0.25, -0.2) is 0 Å². The third-order valence-corrected chi connectivity index (χ3v) is 6.69. The molecule has 0 unspecified atom stereocenters. The Bertz CT molecular complexity index is 951. The number of aliphatic hydroxyl groups is 1. The van der Waals surface area contributed by atoms with Crippen molar-refractivity contribution in [2.75, 3.05) is 6.61 Å². The van der Waals surface area contributed by atoms with Crippen LogP contribution in [-0.4, -0.2) is 34.3 Å². The summed E-state index contributed by atoms with van der Waals surface area (Å²) in [5.74, 6) is -0.548. The van der Waals surface area contributed by atoms with Crippen LogP contribution in [0.15, 0.2) is 47.3 Å². The summed E-state index contributed by atoms with van der Waals surface area (Å²) in [6.07, 6.45) is 3.21. The maximum absolute atomic E-state index is 13.2. The van der Waals surface area contributed by atoms with Crippen LogP contribution in [0.3, 0.4) is 0 Å². The lowest BCUT2D eigenvalue weighted by atomic mass is 9.85. The van der Waals surface area contributed by atoms with E-state index in [-0.39, 0.29) is 48.0 Å². The molecule has 3 heterocycles. The van der Waals surface area contributed by atoms with Gasteiger partial charge >= 0.3 is 0 Å². The van der Waals surface area contributed by atoms with E-state index >= 15 is 0 Å². The van der Waals surface area contributed by atoms with Crippen molar-refractivity contribution < 1.29 is 9.90 Å². The fourth-order valence-corrected chi connectivity index (χ4v) is 4.94.